The summed E-state index contributed by atoms with van der Waals surface area (Å²) in [4.78, 5) is 6.33. The Morgan fingerprint density at radius 3 is 2.87 bits per heavy atom. The van der Waals surface area contributed by atoms with Crippen molar-refractivity contribution in [1.29, 1.82) is 0 Å². The third kappa shape index (κ3) is 3.58. The summed E-state index contributed by atoms with van der Waals surface area (Å²) in [6.07, 6.45) is 2.52. The Morgan fingerprint density at radius 1 is 1.26 bits per heavy atom. The van der Waals surface area contributed by atoms with Crippen LogP contribution in [0.15, 0.2) is 36.5 Å². The summed E-state index contributed by atoms with van der Waals surface area (Å²) in [5.74, 6) is 0.457. The molecule has 0 spiro atoms. The molecule has 0 aliphatic carbocycles. The van der Waals surface area contributed by atoms with Crippen molar-refractivity contribution in [3.8, 4) is 5.88 Å². The summed E-state index contributed by atoms with van der Waals surface area (Å²) in [6.45, 7) is 1.45. The number of aromatic nitrogens is 1. The highest BCUT2D eigenvalue weighted by molar-refractivity contribution is 6.31. The number of aliphatic hydroxyl groups is 2. The molecular formula is C17H19ClN2O3. The van der Waals surface area contributed by atoms with E-state index in [4.69, 9.17) is 16.3 Å². The minimum atomic E-state index is -0.0583. The SMILES string of the molecule is OCc1ccc(N2CC[C@H](Oc3ncccc3Cl)C2)c(CO)c1. The highest BCUT2D eigenvalue weighted by atomic mass is 35.5. The van der Waals surface area contributed by atoms with E-state index in [0.717, 1.165) is 29.8 Å². The van der Waals surface area contributed by atoms with Crippen LogP contribution in [0.2, 0.25) is 5.02 Å². The first-order valence-corrected chi connectivity index (χ1v) is 7.94. The number of rotatable bonds is 5. The third-order valence-corrected chi connectivity index (χ3v) is 4.27. The Labute approximate surface area is 140 Å². The van der Waals surface area contributed by atoms with Crippen molar-refractivity contribution in [2.75, 3.05) is 18.0 Å². The second-order valence-corrected chi connectivity index (χ2v) is 5.95. The van der Waals surface area contributed by atoms with E-state index in [0.29, 0.717) is 17.4 Å². The first kappa shape index (κ1) is 16.1. The van der Waals surface area contributed by atoms with Crippen LogP contribution in [0.3, 0.4) is 0 Å². The lowest BCUT2D eigenvalue weighted by Crippen LogP contribution is -2.25. The molecule has 3 rings (SSSR count). The highest BCUT2D eigenvalue weighted by Gasteiger charge is 2.26. The second kappa shape index (κ2) is 7.17. The van der Waals surface area contributed by atoms with E-state index in [9.17, 15) is 10.2 Å². The molecule has 1 atom stereocenters. The minimum absolute atomic E-state index is 0.00598. The zero-order chi connectivity index (χ0) is 16.2. The zero-order valence-corrected chi connectivity index (χ0v) is 13.4. The molecule has 0 radical (unpaired) electrons. The summed E-state index contributed by atoms with van der Waals surface area (Å²) in [7, 11) is 0. The Bertz CT molecular complexity index is 681. The van der Waals surface area contributed by atoms with Crippen molar-refractivity contribution >= 4 is 17.3 Å². The molecule has 1 aliphatic rings. The molecule has 1 aliphatic heterocycles. The maximum atomic E-state index is 9.57. The van der Waals surface area contributed by atoms with Gasteiger partial charge in [0.1, 0.15) is 11.1 Å². The number of halogens is 1. The topological polar surface area (TPSA) is 65.8 Å². The number of nitrogens with zero attached hydrogens (tertiary/aromatic N) is 2. The van der Waals surface area contributed by atoms with E-state index >= 15 is 0 Å². The Balaban J connectivity index is 1.71. The maximum absolute atomic E-state index is 9.57. The Kier molecular flexibility index (Phi) is 5.00. The molecule has 2 heterocycles. The van der Waals surface area contributed by atoms with Crippen LogP contribution >= 0.6 is 11.6 Å². The molecule has 0 saturated carbocycles. The third-order valence-electron chi connectivity index (χ3n) is 3.99. The second-order valence-electron chi connectivity index (χ2n) is 5.54. The van der Waals surface area contributed by atoms with E-state index in [1.54, 1.807) is 18.3 Å². The highest BCUT2D eigenvalue weighted by Crippen LogP contribution is 2.29. The molecule has 122 valence electrons. The summed E-state index contributed by atoms with van der Waals surface area (Å²) >= 11 is 6.08. The first-order chi connectivity index (χ1) is 11.2. The number of ether oxygens (including phenoxy) is 1. The predicted octanol–water partition coefficient (Wildman–Crippen LogP) is 2.38. The van der Waals surface area contributed by atoms with Crippen LogP contribution < -0.4 is 9.64 Å². The molecule has 6 heteroatoms. The van der Waals surface area contributed by atoms with E-state index in [1.807, 2.05) is 18.2 Å². The van der Waals surface area contributed by atoms with Crippen LogP contribution in [0.5, 0.6) is 5.88 Å². The summed E-state index contributed by atoms with van der Waals surface area (Å²) < 4.78 is 5.89. The Morgan fingerprint density at radius 2 is 2.13 bits per heavy atom. The predicted molar refractivity (Wildman–Crippen MR) is 88.8 cm³/mol. The molecule has 23 heavy (non-hydrogen) atoms. The van der Waals surface area contributed by atoms with E-state index in [-0.39, 0.29) is 19.3 Å². The lowest BCUT2D eigenvalue weighted by Gasteiger charge is -2.22. The zero-order valence-electron chi connectivity index (χ0n) is 12.7. The van der Waals surface area contributed by atoms with Gasteiger partial charge in [0.05, 0.1) is 19.8 Å². The fraction of sp³-hybridized carbons (Fsp3) is 0.353. The Hall–Kier alpha value is -1.82. The van der Waals surface area contributed by atoms with Gasteiger partial charge in [-0.05, 0) is 29.8 Å². The van der Waals surface area contributed by atoms with E-state index < -0.39 is 0 Å². The number of hydrogen-bond acceptors (Lipinski definition) is 5. The average molecular weight is 335 g/mol. The van der Waals surface area contributed by atoms with Crippen LogP contribution in [0.1, 0.15) is 17.5 Å². The van der Waals surface area contributed by atoms with E-state index in [1.165, 1.54) is 0 Å². The molecular weight excluding hydrogens is 316 g/mol. The quantitative estimate of drug-likeness (QED) is 0.879. The smallest absolute Gasteiger partial charge is 0.232 e. The lowest BCUT2D eigenvalue weighted by molar-refractivity contribution is 0.216. The van der Waals surface area contributed by atoms with Gasteiger partial charge in [0.15, 0.2) is 0 Å². The number of anilines is 1. The van der Waals surface area contributed by atoms with Gasteiger partial charge in [-0.15, -0.1) is 0 Å². The van der Waals surface area contributed by atoms with Crippen LogP contribution in [-0.2, 0) is 13.2 Å². The molecule has 0 amide bonds. The molecule has 2 N–H and O–H groups in total. The average Bonchev–Trinajstić information content (AvgIpc) is 3.04. The molecule has 2 aromatic rings. The van der Waals surface area contributed by atoms with Crippen molar-refractivity contribution in [2.24, 2.45) is 0 Å². The van der Waals surface area contributed by atoms with Crippen molar-refractivity contribution in [3.63, 3.8) is 0 Å². The van der Waals surface area contributed by atoms with Gasteiger partial charge in [-0.2, -0.15) is 0 Å². The number of hydrogen-bond donors (Lipinski definition) is 2. The van der Waals surface area contributed by atoms with Gasteiger partial charge in [-0.3, -0.25) is 0 Å². The summed E-state index contributed by atoms with van der Waals surface area (Å²) in [6, 6.07) is 9.17. The lowest BCUT2D eigenvalue weighted by atomic mass is 10.1. The fourth-order valence-electron chi connectivity index (χ4n) is 2.83. The molecule has 0 unspecified atom stereocenters. The minimum Gasteiger partial charge on any atom is -0.471 e. The van der Waals surface area contributed by atoms with Crippen LogP contribution in [0, 0.1) is 0 Å². The summed E-state index contributed by atoms with van der Waals surface area (Å²) in [5, 5.41) is 19.3. The standard InChI is InChI=1S/C17H19ClN2O3/c18-15-2-1-6-19-17(15)23-14-5-7-20(9-14)16-4-3-12(10-21)8-13(16)11-22/h1-4,6,8,14,21-22H,5,7,9-11H2/t14-/m0/s1. The summed E-state index contributed by atoms with van der Waals surface area (Å²) in [5.41, 5.74) is 2.58. The molecule has 0 bridgehead atoms. The van der Waals surface area contributed by atoms with Crippen molar-refractivity contribution < 1.29 is 14.9 Å². The normalized spacial score (nSPS) is 17.5. The maximum Gasteiger partial charge on any atom is 0.232 e. The fourth-order valence-corrected chi connectivity index (χ4v) is 3.00. The molecule has 1 aromatic heterocycles. The monoisotopic (exact) mass is 334 g/mol. The van der Waals surface area contributed by atoms with Crippen molar-refractivity contribution in [1.82, 2.24) is 4.98 Å². The van der Waals surface area contributed by atoms with Crippen LogP contribution in [-0.4, -0.2) is 34.4 Å². The number of pyridine rings is 1. The molecule has 5 nitrogen and oxygen atoms in total. The van der Waals surface area contributed by atoms with Crippen molar-refractivity contribution in [3.05, 3.63) is 52.7 Å². The molecule has 1 saturated heterocycles. The van der Waals surface area contributed by atoms with Crippen LogP contribution in [0.25, 0.3) is 0 Å². The van der Waals surface area contributed by atoms with Crippen molar-refractivity contribution in [2.45, 2.75) is 25.7 Å². The number of benzene rings is 1. The van der Waals surface area contributed by atoms with Gasteiger partial charge in [-0.25, -0.2) is 4.98 Å². The first-order valence-electron chi connectivity index (χ1n) is 7.57. The van der Waals surface area contributed by atoms with Gasteiger partial charge in [0, 0.05) is 30.4 Å². The van der Waals surface area contributed by atoms with Gasteiger partial charge in [0.2, 0.25) is 5.88 Å². The van der Waals surface area contributed by atoms with Gasteiger partial charge < -0.3 is 19.8 Å². The van der Waals surface area contributed by atoms with Gasteiger partial charge in [-0.1, -0.05) is 17.7 Å². The largest absolute Gasteiger partial charge is 0.471 e. The van der Waals surface area contributed by atoms with Crippen LogP contribution in [0.4, 0.5) is 5.69 Å². The molecule has 1 aromatic carbocycles. The van der Waals surface area contributed by atoms with E-state index in [2.05, 4.69) is 9.88 Å². The van der Waals surface area contributed by atoms with Gasteiger partial charge >= 0.3 is 0 Å². The number of aliphatic hydroxyl groups excluding tert-OH is 2. The van der Waals surface area contributed by atoms with Gasteiger partial charge in [0.25, 0.3) is 0 Å². The molecule has 1 fully saturated rings.